The van der Waals surface area contributed by atoms with Crippen LogP contribution in [0.1, 0.15) is 27.2 Å². The SMILES string of the molecule is CC(C)=CCC=C(C)C=CO[Si](C)(C)C. The maximum atomic E-state index is 5.63. The van der Waals surface area contributed by atoms with Gasteiger partial charge in [-0.1, -0.05) is 23.3 Å². The first-order chi connectivity index (χ1) is 6.81. The van der Waals surface area contributed by atoms with Gasteiger partial charge in [0.05, 0.1) is 6.26 Å². The van der Waals surface area contributed by atoms with Crippen molar-refractivity contribution in [2.24, 2.45) is 0 Å². The van der Waals surface area contributed by atoms with E-state index in [9.17, 15) is 0 Å². The van der Waals surface area contributed by atoms with Crippen molar-refractivity contribution in [3.63, 3.8) is 0 Å². The molecule has 2 heteroatoms. The van der Waals surface area contributed by atoms with E-state index in [1.54, 1.807) is 0 Å². The van der Waals surface area contributed by atoms with Gasteiger partial charge in [0.25, 0.3) is 0 Å². The fraction of sp³-hybridized carbons (Fsp3) is 0.538. The van der Waals surface area contributed by atoms with Gasteiger partial charge in [-0.2, -0.15) is 0 Å². The summed E-state index contributed by atoms with van der Waals surface area (Å²) in [5, 5.41) is 0. The van der Waals surface area contributed by atoms with Crippen LogP contribution in [0.4, 0.5) is 0 Å². The van der Waals surface area contributed by atoms with Crippen LogP contribution in [-0.4, -0.2) is 8.32 Å². The Morgan fingerprint density at radius 2 is 1.67 bits per heavy atom. The quantitative estimate of drug-likeness (QED) is 0.286. The van der Waals surface area contributed by atoms with Gasteiger partial charge < -0.3 is 4.43 Å². The third-order valence-corrected chi connectivity index (χ3v) is 2.56. The third kappa shape index (κ3) is 11.2. The summed E-state index contributed by atoms with van der Waals surface area (Å²) in [7, 11) is -1.40. The van der Waals surface area contributed by atoms with Gasteiger partial charge in [-0.25, -0.2) is 0 Å². The van der Waals surface area contributed by atoms with Crippen molar-refractivity contribution in [3.8, 4) is 0 Å². The zero-order valence-electron chi connectivity index (χ0n) is 10.9. The highest BCUT2D eigenvalue weighted by atomic mass is 28.4. The first kappa shape index (κ1) is 14.2. The standard InChI is InChI=1S/C13H24OSi/c1-12(2)8-7-9-13(3)10-11-14-15(4,5)6/h8-11H,7H2,1-6H3. The first-order valence-electron chi connectivity index (χ1n) is 5.46. The van der Waals surface area contributed by atoms with Crippen LogP contribution in [0.5, 0.6) is 0 Å². The number of hydrogen-bond donors (Lipinski definition) is 0. The first-order valence-corrected chi connectivity index (χ1v) is 8.86. The molecule has 0 fully saturated rings. The Balaban J connectivity index is 4.02. The lowest BCUT2D eigenvalue weighted by molar-refractivity contribution is 0.479. The normalized spacial score (nSPS) is 13.1. The molecule has 0 amide bonds. The highest BCUT2D eigenvalue weighted by molar-refractivity contribution is 6.69. The van der Waals surface area contributed by atoms with Crippen molar-refractivity contribution >= 4 is 8.32 Å². The van der Waals surface area contributed by atoms with Gasteiger partial charge >= 0.3 is 0 Å². The molecule has 0 saturated heterocycles. The molecule has 0 heterocycles. The summed E-state index contributed by atoms with van der Waals surface area (Å²) in [4.78, 5) is 0. The highest BCUT2D eigenvalue weighted by Crippen LogP contribution is 2.05. The summed E-state index contributed by atoms with van der Waals surface area (Å²) >= 11 is 0. The lowest BCUT2D eigenvalue weighted by Gasteiger charge is -2.14. The maximum absolute atomic E-state index is 5.63. The predicted octanol–water partition coefficient (Wildman–Crippen LogP) is 4.65. The predicted molar refractivity (Wildman–Crippen MR) is 71.4 cm³/mol. The van der Waals surface area contributed by atoms with Crippen LogP contribution >= 0.6 is 0 Å². The Bertz CT molecular complexity index is 263. The third-order valence-electron chi connectivity index (χ3n) is 1.72. The number of hydrogen-bond acceptors (Lipinski definition) is 1. The van der Waals surface area contributed by atoms with E-state index >= 15 is 0 Å². The van der Waals surface area contributed by atoms with E-state index in [0.717, 1.165) is 6.42 Å². The smallest absolute Gasteiger partial charge is 0.241 e. The van der Waals surface area contributed by atoms with Crippen molar-refractivity contribution in [2.75, 3.05) is 0 Å². The molecular formula is C13H24OSi. The lowest BCUT2D eigenvalue weighted by Crippen LogP contribution is -2.21. The number of rotatable bonds is 5. The van der Waals surface area contributed by atoms with Gasteiger partial charge in [0, 0.05) is 0 Å². The van der Waals surface area contributed by atoms with Crippen molar-refractivity contribution < 1.29 is 4.43 Å². The van der Waals surface area contributed by atoms with Gasteiger partial charge in [-0.3, -0.25) is 0 Å². The minimum absolute atomic E-state index is 1.01. The van der Waals surface area contributed by atoms with Crippen LogP contribution < -0.4 is 0 Å². The van der Waals surface area contributed by atoms with E-state index < -0.39 is 8.32 Å². The maximum Gasteiger partial charge on any atom is 0.241 e. The minimum atomic E-state index is -1.40. The van der Waals surface area contributed by atoms with Gasteiger partial charge in [0.2, 0.25) is 8.32 Å². The second kappa shape index (κ2) is 6.67. The van der Waals surface area contributed by atoms with Crippen molar-refractivity contribution in [2.45, 2.75) is 46.8 Å². The Kier molecular flexibility index (Phi) is 6.33. The van der Waals surface area contributed by atoms with E-state index in [1.165, 1.54) is 11.1 Å². The molecule has 0 aliphatic rings. The molecule has 0 spiro atoms. The van der Waals surface area contributed by atoms with Gasteiger partial charge in [-0.05, 0) is 52.9 Å². The van der Waals surface area contributed by atoms with E-state index in [0.29, 0.717) is 0 Å². The summed E-state index contributed by atoms with van der Waals surface area (Å²) in [5.74, 6) is 0. The summed E-state index contributed by atoms with van der Waals surface area (Å²) in [6.45, 7) is 12.9. The highest BCUT2D eigenvalue weighted by Gasteiger charge is 2.12. The molecule has 0 bridgehead atoms. The van der Waals surface area contributed by atoms with Gasteiger partial charge in [-0.15, -0.1) is 0 Å². The van der Waals surface area contributed by atoms with Crippen LogP contribution in [-0.2, 0) is 4.43 Å². The van der Waals surface area contributed by atoms with E-state index in [4.69, 9.17) is 4.43 Å². The molecule has 0 aromatic heterocycles. The van der Waals surface area contributed by atoms with Crippen LogP contribution in [0.2, 0.25) is 19.6 Å². The monoisotopic (exact) mass is 224 g/mol. The van der Waals surface area contributed by atoms with Crippen molar-refractivity contribution in [1.82, 2.24) is 0 Å². The van der Waals surface area contributed by atoms with Crippen LogP contribution in [0.15, 0.2) is 35.6 Å². The zero-order chi connectivity index (χ0) is 11.9. The van der Waals surface area contributed by atoms with Gasteiger partial charge in [0.1, 0.15) is 0 Å². The van der Waals surface area contributed by atoms with E-state index in [2.05, 4.69) is 52.6 Å². The molecule has 0 rings (SSSR count). The molecule has 0 saturated carbocycles. The lowest BCUT2D eigenvalue weighted by atomic mass is 10.2. The topological polar surface area (TPSA) is 9.23 Å². The second-order valence-corrected chi connectivity index (χ2v) is 9.46. The van der Waals surface area contributed by atoms with Crippen molar-refractivity contribution in [3.05, 3.63) is 35.6 Å². The summed E-state index contributed by atoms with van der Waals surface area (Å²) < 4.78 is 5.63. The molecule has 0 aromatic rings. The molecule has 0 aliphatic heterocycles. The van der Waals surface area contributed by atoms with Crippen LogP contribution in [0, 0.1) is 0 Å². The Hall–Kier alpha value is -0.763. The molecule has 0 atom stereocenters. The Morgan fingerprint density at radius 1 is 1.07 bits per heavy atom. The van der Waals surface area contributed by atoms with E-state index in [1.807, 2.05) is 12.3 Å². The van der Waals surface area contributed by atoms with E-state index in [-0.39, 0.29) is 0 Å². The molecule has 0 N–H and O–H groups in total. The average Bonchev–Trinajstić information content (AvgIpc) is 2.00. The van der Waals surface area contributed by atoms with Crippen molar-refractivity contribution in [1.29, 1.82) is 0 Å². The number of allylic oxidation sites excluding steroid dienone is 5. The van der Waals surface area contributed by atoms with Crippen LogP contribution in [0.3, 0.4) is 0 Å². The van der Waals surface area contributed by atoms with Gasteiger partial charge in [0.15, 0.2) is 0 Å². The van der Waals surface area contributed by atoms with Crippen LogP contribution in [0.25, 0.3) is 0 Å². The molecule has 86 valence electrons. The fourth-order valence-corrected chi connectivity index (χ4v) is 1.37. The molecule has 0 radical (unpaired) electrons. The minimum Gasteiger partial charge on any atom is -0.550 e. The zero-order valence-corrected chi connectivity index (χ0v) is 11.9. The molecular weight excluding hydrogens is 200 g/mol. The summed E-state index contributed by atoms with van der Waals surface area (Å²) in [5.41, 5.74) is 2.62. The fourth-order valence-electron chi connectivity index (χ4n) is 0.894. The molecule has 0 unspecified atom stereocenters. The molecule has 1 nitrogen and oxygen atoms in total. The second-order valence-electron chi connectivity index (χ2n) is 5.00. The largest absolute Gasteiger partial charge is 0.550 e. The average molecular weight is 224 g/mol. The summed E-state index contributed by atoms with van der Waals surface area (Å²) in [6, 6.07) is 0. The molecule has 15 heavy (non-hydrogen) atoms. The summed E-state index contributed by atoms with van der Waals surface area (Å²) in [6.07, 6.45) is 9.30. The molecule has 0 aromatic carbocycles. The molecule has 0 aliphatic carbocycles. The Morgan fingerprint density at radius 3 is 2.13 bits per heavy atom. The Labute approximate surface area is 95.7 Å².